The number of carbonyl (C=O) groups is 2. The van der Waals surface area contributed by atoms with Crippen LogP contribution in [0.3, 0.4) is 0 Å². The van der Waals surface area contributed by atoms with E-state index in [1.807, 2.05) is 13.8 Å². The molecular formula is C20H38NO9+. The number of esters is 2. The molecule has 1 aliphatic heterocycles. The van der Waals surface area contributed by atoms with Gasteiger partial charge >= 0.3 is 11.9 Å². The maximum atomic E-state index is 11.6. The number of carbonyl (C=O) groups excluding carboxylic acids is 2. The molecule has 1 heterocycles. The van der Waals surface area contributed by atoms with Crippen LogP contribution in [0.4, 0.5) is 0 Å². The summed E-state index contributed by atoms with van der Waals surface area (Å²) in [6.45, 7) is 8.06. The van der Waals surface area contributed by atoms with E-state index in [1.54, 1.807) is 0 Å². The van der Waals surface area contributed by atoms with Crippen molar-refractivity contribution in [3.05, 3.63) is 0 Å². The number of rotatable bonds is 13. The number of aliphatic hydroxyl groups excluding tert-OH is 3. The van der Waals surface area contributed by atoms with Crippen molar-refractivity contribution in [3.63, 3.8) is 0 Å². The van der Waals surface area contributed by atoms with Crippen LogP contribution in [0.2, 0.25) is 0 Å². The number of aliphatic hydroxyl groups is 3. The van der Waals surface area contributed by atoms with Crippen molar-refractivity contribution in [2.24, 2.45) is 11.8 Å². The summed E-state index contributed by atoms with van der Waals surface area (Å²) in [5, 5.41) is 28.2. The normalized spacial score (nSPS) is 27.0. The molecule has 0 spiro atoms. The molecule has 0 aromatic carbocycles. The Kier molecular flexibility index (Phi) is 11.7. The molecule has 3 N–H and O–H groups in total. The molecule has 0 bridgehead atoms. The molecule has 0 amide bonds. The second-order valence-electron chi connectivity index (χ2n) is 7.92. The number of nitrogens with zero attached hydrogens (tertiary/aromatic N) is 1. The molecule has 30 heavy (non-hydrogen) atoms. The van der Waals surface area contributed by atoms with Gasteiger partial charge in [-0.3, -0.25) is 9.59 Å². The minimum atomic E-state index is -0.847. The average Bonchev–Trinajstić information content (AvgIpc) is 2.66. The Morgan fingerprint density at radius 2 is 1.47 bits per heavy atom. The van der Waals surface area contributed by atoms with E-state index in [4.69, 9.17) is 18.9 Å². The van der Waals surface area contributed by atoms with Gasteiger partial charge in [-0.05, 0) is 5.92 Å². The zero-order valence-corrected chi connectivity index (χ0v) is 18.5. The van der Waals surface area contributed by atoms with Crippen LogP contribution in [0.25, 0.3) is 0 Å². The van der Waals surface area contributed by atoms with Crippen molar-refractivity contribution in [1.29, 1.82) is 0 Å². The predicted octanol–water partition coefficient (Wildman–Crippen LogP) is -0.711. The molecule has 1 fully saturated rings. The first-order valence-corrected chi connectivity index (χ1v) is 10.4. The Bertz CT molecular complexity index is 511. The highest BCUT2D eigenvalue weighted by Crippen LogP contribution is 2.33. The molecule has 0 aliphatic carbocycles. The van der Waals surface area contributed by atoms with E-state index in [-0.39, 0.29) is 49.4 Å². The van der Waals surface area contributed by atoms with Crippen LogP contribution >= 0.6 is 0 Å². The van der Waals surface area contributed by atoms with E-state index < -0.39 is 30.4 Å². The zero-order valence-electron chi connectivity index (χ0n) is 18.5. The first-order valence-electron chi connectivity index (χ1n) is 10.4. The highest BCUT2D eigenvalue weighted by atomic mass is 16.7. The molecule has 2 unspecified atom stereocenters. The van der Waals surface area contributed by atoms with Crippen LogP contribution in [0, 0.1) is 11.8 Å². The summed E-state index contributed by atoms with van der Waals surface area (Å²) in [7, 11) is 0. The number of hydrogen-bond acceptors (Lipinski definition) is 9. The third kappa shape index (κ3) is 8.09. The Morgan fingerprint density at radius 3 is 1.93 bits per heavy atom. The second kappa shape index (κ2) is 13.2. The van der Waals surface area contributed by atoms with Crippen LogP contribution in [0.15, 0.2) is 0 Å². The molecule has 176 valence electrons. The van der Waals surface area contributed by atoms with Crippen LogP contribution in [-0.2, 0) is 28.5 Å². The molecule has 10 nitrogen and oxygen atoms in total. The molecule has 0 aromatic heterocycles. The summed E-state index contributed by atoms with van der Waals surface area (Å²) in [6.07, 6.45) is -1.88. The summed E-state index contributed by atoms with van der Waals surface area (Å²) in [4.78, 5) is 22.8. The topological polar surface area (TPSA) is 132 Å². The van der Waals surface area contributed by atoms with Crippen molar-refractivity contribution in [2.45, 2.75) is 46.2 Å². The van der Waals surface area contributed by atoms with Gasteiger partial charge in [0.1, 0.15) is 32.8 Å². The van der Waals surface area contributed by atoms with Crippen molar-refractivity contribution in [3.8, 4) is 0 Å². The summed E-state index contributed by atoms with van der Waals surface area (Å²) in [5.41, 5.74) is 0. The average molecular weight is 437 g/mol. The highest BCUT2D eigenvalue weighted by Gasteiger charge is 2.44. The van der Waals surface area contributed by atoms with E-state index in [0.29, 0.717) is 26.2 Å². The minimum Gasteiger partial charge on any atom is -0.463 e. The number of ether oxygens (including phenoxy) is 4. The Labute approximate surface area is 178 Å². The monoisotopic (exact) mass is 436 g/mol. The third-order valence-electron chi connectivity index (χ3n) is 5.83. The smallest absolute Gasteiger partial charge is 0.303 e. The summed E-state index contributed by atoms with van der Waals surface area (Å²) in [5.74, 6) is -0.987. The molecule has 1 aliphatic rings. The van der Waals surface area contributed by atoms with Gasteiger partial charge in [0.05, 0.1) is 32.5 Å². The lowest BCUT2D eigenvalue weighted by Gasteiger charge is -2.44. The van der Waals surface area contributed by atoms with Gasteiger partial charge in [0.2, 0.25) is 0 Å². The molecule has 10 heteroatoms. The minimum absolute atomic E-state index is 0.0402. The first-order chi connectivity index (χ1) is 14.2. The van der Waals surface area contributed by atoms with E-state index in [2.05, 4.69) is 0 Å². The lowest BCUT2D eigenvalue weighted by molar-refractivity contribution is -0.929. The van der Waals surface area contributed by atoms with Gasteiger partial charge in [-0.2, -0.15) is 0 Å². The van der Waals surface area contributed by atoms with Crippen LogP contribution in [0.5, 0.6) is 0 Å². The van der Waals surface area contributed by atoms with Gasteiger partial charge in [0, 0.05) is 19.8 Å². The lowest BCUT2D eigenvalue weighted by atomic mass is 9.83. The van der Waals surface area contributed by atoms with Gasteiger partial charge in [0.25, 0.3) is 0 Å². The lowest BCUT2D eigenvalue weighted by Crippen LogP contribution is -2.57. The maximum absolute atomic E-state index is 11.6. The Hall–Kier alpha value is -1.30. The van der Waals surface area contributed by atoms with Gasteiger partial charge in [0.15, 0.2) is 12.4 Å². The summed E-state index contributed by atoms with van der Waals surface area (Å²) < 4.78 is 22.8. The zero-order chi connectivity index (χ0) is 22.7. The maximum Gasteiger partial charge on any atom is 0.303 e. The quantitative estimate of drug-likeness (QED) is 0.253. The third-order valence-corrected chi connectivity index (χ3v) is 5.83. The molecule has 5 atom stereocenters. The number of hydrogen-bond donors (Lipinski definition) is 3. The molecule has 0 aromatic rings. The fourth-order valence-electron chi connectivity index (χ4n) is 3.81. The van der Waals surface area contributed by atoms with E-state index in [9.17, 15) is 24.9 Å². The van der Waals surface area contributed by atoms with E-state index >= 15 is 0 Å². The van der Waals surface area contributed by atoms with Crippen molar-refractivity contribution >= 4 is 11.9 Å². The van der Waals surface area contributed by atoms with Crippen LogP contribution in [0.1, 0.15) is 27.7 Å². The molecule has 1 saturated heterocycles. The molecule has 0 saturated carbocycles. The van der Waals surface area contributed by atoms with Gasteiger partial charge in [-0.15, -0.1) is 0 Å². The van der Waals surface area contributed by atoms with E-state index in [0.717, 1.165) is 0 Å². The molecule has 1 rings (SSSR count). The van der Waals surface area contributed by atoms with Crippen molar-refractivity contribution in [1.82, 2.24) is 0 Å². The predicted molar refractivity (Wildman–Crippen MR) is 106 cm³/mol. The van der Waals surface area contributed by atoms with Gasteiger partial charge in [-0.25, -0.2) is 0 Å². The molecule has 0 radical (unpaired) electrons. The van der Waals surface area contributed by atoms with E-state index in [1.165, 1.54) is 13.8 Å². The van der Waals surface area contributed by atoms with Gasteiger partial charge in [-0.1, -0.05) is 13.8 Å². The van der Waals surface area contributed by atoms with Crippen LogP contribution in [-0.4, -0.2) is 109 Å². The standard InChI is InChI=1S/C20H38NO9/c1-14-15(2)19(29-17(4)26)20(30-18(14)13-28-16(3)25)27-12-8-21(5-9-22,6-10-23)7-11-24/h14-15,18-20,22-24H,5-13H2,1-4H3/q+1/t14-,15?,18?,19+,20-/m0/s1. The summed E-state index contributed by atoms with van der Waals surface area (Å²) >= 11 is 0. The number of quaternary nitrogens is 1. The Morgan fingerprint density at radius 1 is 0.900 bits per heavy atom. The second-order valence-corrected chi connectivity index (χ2v) is 7.92. The van der Waals surface area contributed by atoms with Crippen molar-refractivity contribution < 1.29 is 48.3 Å². The van der Waals surface area contributed by atoms with Crippen molar-refractivity contribution in [2.75, 3.05) is 59.2 Å². The highest BCUT2D eigenvalue weighted by molar-refractivity contribution is 5.66. The molecular weight excluding hydrogens is 398 g/mol. The fourth-order valence-corrected chi connectivity index (χ4v) is 3.81. The SMILES string of the molecule is CC(=O)OCC1O[C@H](OCC[N+](CCO)(CCO)CCO)[C@H](OC(C)=O)C(C)[C@@H]1C. The largest absolute Gasteiger partial charge is 0.463 e. The fraction of sp³-hybridized carbons (Fsp3) is 0.900. The Balaban J connectivity index is 2.87. The first kappa shape index (κ1) is 26.7. The summed E-state index contributed by atoms with van der Waals surface area (Å²) in [6, 6.07) is 0. The van der Waals surface area contributed by atoms with Crippen LogP contribution < -0.4 is 0 Å². The van der Waals surface area contributed by atoms with Gasteiger partial charge < -0.3 is 38.8 Å².